The van der Waals surface area contributed by atoms with Gasteiger partial charge < -0.3 is 9.64 Å². The maximum Gasteiger partial charge on any atom is 0.333 e. The van der Waals surface area contributed by atoms with E-state index in [1.165, 1.54) is 11.3 Å². The number of hydrogen-bond acceptors (Lipinski definition) is 5. The number of amides is 2. The average Bonchev–Trinajstić information content (AvgIpc) is 3.36. The predicted octanol–water partition coefficient (Wildman–Crippen LogP) is 6.58. The summed E-state index contributed by atoms with van der Waals surface area (Å²) < 4.78 is 5.53. The zero-order valence-electron chi connectivity index (χ0n) is 24.6. The Kier molecular flexibility index (Phi) is 7.00. The van der Waals surface area contributed by atoms with Crippen LogP contribution in [0.25, 0.3) is 11.1 Å². The van der Waals surface area contributed by atoms with Crippen molar-refractivity contribution < 1.29 is 19.1 Å². The fraction of sp³-hybridized carbons (Fsp3) is 0.324. The van der Waals surface area contributed by atoms with Crippen molar-refractivity contribution in [2.24, 2.45) is 5.92 Å². The van der Waals surface area contributed by atoms with Gasteiger partial charge in [0.1, 0.15) is 6.61 Å². The van der Waals surface area contributed by atoms with Crippen molar-refractivity contribution in [3.05, 3.63) is 119 Å². The Labute approximate surface area is 252 Å². The van der Waals surface area contributed by atoms with Gasteiger partial charge in [-0.3, -0.25) is 14.5 Å². The summed E-state index contributed by atoms with van der Waals surface area (Å²) >= 11 is 0. The average molecular weight is 573 g/mol. The normalized spacial score (nSPS) is 21.1. The van der Waals surface area contributed by atoms with Gasteiger partial charge in [-0.05, 0) is 66.2 Å². The van der Waals surface area contributed by atoms with Crippen molar-refractivity contribution in [3.8, 4) is 11.1 Å². The van der Waals surface area contributed by atoms with Crippen LogP contribution in [0.4, 0.5) is 0 Å². The maximum atomic E-state index is 14.4. The molecule has 0 aromatic heterocycles. The topological polar surface area (TPSA) is 66.9 Å². The molecule has 0 bridgehead atoms. The van der Waals surface area contributed by atoms with Crippen molar-refractivity contribution in [3.63, 3.8) is 0 Å². The van der Waals surface area contributed by atoms with E-state index in [9.17, 15) is 14.4 Å². The summed E-state index contributed by atoms with van der Waals surface area (Å²) in [6.45, 7) is 6.18. The standard InChI is InChI=1S/C37H36N2O4/c1-23(2)37(42)43-22-21-38(24-11-4-3-5-12-24)32-20-19-31-33-29(32)17-10-18-30(33)35(40)39(36(31)41)34-27-15-8-6-13-25(27)26-14-7-9-16-28(26)34/h6-10,13-16,18-20,24,29,34H,1,3-5,11-12,17,21-22H2,2H3. The van der Waals surface area contributed by atoms with Crippen LogP contribution >= 0.6 is 0 Å². The van der Waals surface area contributed by atoms with Gasteiger partial charge in [0.2, 0.25) is 0 Å². The van der Waals surface area contributed by atoms with Gasteiger partial charge in [-0.25, -0.2) is 4.79 Å². The molecule has 2 amide bonds. The third-order valence-corrected chi connectivity index (χ3v) is 9.58. The molecule has 1 unspecified atom stereocenters. The lowest BCUT2D eigenvalue weighted by Crippen LogP contribution is -2.48. The molecule has 218 valence electrons. The van der Waals surface area contributed by atoms with Crippen LogP contribution in [-0.2, 0) is 19.1 Å². The van der Waals surface area contributed by atoms with Crippen molar-refractivity contribution in [1.82, 2.24) is 9.80 Å². The highest BCUT2D eigenvalue weighted by molar-refractivity contribution is 6.19. The first-order valence-corrected chi connectivity index (χ1v) is 15.4. The minimum absolute atomic E-state index is 0.100. The summed E-state index contributed by atoms with van der Waals surface area (Å²) in [4.78, 5) is 44.7. The van der Waals surface area contributed by atoms with Crippen LogP contribution in [0.15, 0.2) is 107 Å². The van der Waals surface area contributed by atoms with Gasteiger partial charge in [-0.15, -0.1) is 0 Å². The molecule has 0 radical (unpaired) electrons. The molecule has 1 atom stereocenters. The van der Waals surface area contributed by atoms with E-state index in [4.69, 9.17) is 4.74 Å². The Bertz CT molecular complexity index is 1620. The van der Waals surface area contributed by atoms with Crippen molar-refractivity contribution >= 4 is 17.8 Å². The molecular formula is C37H36N2O4. The van der Waals surface area contributed by atoms with Crippen LogP contribution in [-0.4, -0.2) is 46.8 Å². The third-order valence-electron chi connectivity index (χ3n) is 9.58. The second-order valence-electron chi connectivity index (χ2n) is 12.1. The van der Waals surface area contributed by atoms with Crippen molar-refractivity contribution in [1.29, 1.82) is 0 Å². The zero-order chi connectivity index (χ0) is 29.7. The van der Waals surface area contributed by atoms with E-state index in [2.05, 4.69) is 35.8 Å². The van der Waals surface area contributed by atoms with Crippen molar-refractivity contribution in [2.45, 2.75) is 57.5 Å². The number of fused-ring (bicyclic) bond motifs is 3. The quantitative estimate of drug-likeness (QED) is 0.213. The number of nitrogens with zero attached hydrogens (tertiary/aromatic N) is 2. The summed E-state index contributed by atoms with van der Waals surface area (Å²) in [5.74, 6) is -0.962. The highest BCUT2D eigenvalue weighted by Crippen LogP contribution is 2.51. The number of benzene rings is 2. The number of imide groups is 1. The minimum Gasteiger partial charge on any atom is -0.460 e. The van der Waals surface area contributed by atoms with E-state index in [1.807, 2.05) is 48.6 Å². The molecule has 1 fully saturated rings. The Morgan fingerprint density at radius 1 is 0.953 bits per heavy atom. The number of carbonyl (C=O) groups excluding carboxylic acids is 3. The fourth-order valence-corrected chi connectivity index (χ4v) is 7.63. The number of allylic oxidation sites excluding steroid dienone is 4. The largest absolute Gasteiger partial charge is 0.460 e. The van der Waals surface area contributed by atoms with E-state index in [0.29, 0.717) is 35.7 Å². The van der Waals surface area contributed by atoms with Gasteiger partial charge in [-0.2, -0.15) is 0 Å². The number of esters is 1. The van der Waals surface area contributed by atoms with Crippen LogP contribution in [0.1, 0.15) is 62.6 Å². The van der Waals surface area contributed by atoms with Gasteiger partial charge in [0.15, 0.2) is 0 Å². The van der Waals surface area contributed by atoms with Gasteiger partial charge in [0, 0.05) is 34.4 Å². The van der Waals surface area contributed by atoms with E-state index in [1.54, 1.807) is 6.92 Å². The van der Waals surface area contributed by atoms with Gasteiger partial charge >= 0.3 is 5.97 Å². The molecule has 6 nitrogen and oxygen atoms in total. The Morgan fingerprint density at radius 2 is 1.63 bits per heavy atom. The monoisotopic (exact) mass is 572 g/mol. The van der Waals surface area contributed by atoms with E-state index < -0.39 is 6.04 Å². The second-order valence-corrected chi connectivity index (χ2v) is 12.1. The molecule has 7 rings (SSSR count). The van der Waals surface area contributed by atoms with Crippen LogP contribution in [0.2, 0.25) is 0 Å². The lowest BCUT2D eigenvalue weighted by Gasteiger charge is -2.45. The van der Waals surface area contributed by atoms with Crippen molar-refractivity contribution in [2.75, 3.05) is 13.2 Å². The summed E-state index contributed by atoms with van der Waals surface area (Å²) in [5.41, 5.74) is 7.62. The van der Waals surface area contributed by atoms with Crippen LogP contribution in [0.3, 0.4) is 0 Å². The minimum atomic E-state index is -0.469. The lowest BCUT2D eigenvalue weighted by atomic mass is 9.74. The third kappa shape index (κ3) is 4.51. The molecule has 43 heavy (non-hydrogen) atoms. The lowest BCUT2D eigenvalue weighted by molar-refractivity contribution is -0.143. The molecule has 0 saturated heterocycles. The summed E-state index contributed by atoms with van der Waals surface area (Å²) in [7, 11) is 0. The molecule has 6 heteroatoms. The Balaban J connectivity index is 1.27. The highest BCUT2D eigenvalue weighted by Gasteiger charge is 2.48. The Hall–Kier alpha value is -4.45. The van der Waals surface area contributed by atoms with Gasteiger partial charge in [0.25, 0.3) is 11.8 Å². The molecule has 1 aliphatic heterocycles. The molecule has 2 aromatic rings. The number of carbonyl (C=O) groups is 3. The number of ether oxygens (including phenoxy) is 1. The molecule has 1 saturated carbocycles. The smallest absolute Gasteiger partial charge is 0.333 e. The number of rotatable bonds is 7. The Morgan fingerprint density at radius 3 is 2.30 bits per heavy atom. The van der Waals surface area contributed by atoms with E-state index >= 15 is 0 Å². The molecular weight excluding hydrogens is 536 g/mol. The zero-order valence-corrected chi connectivity index (χ0v) is 24.6. The summed E-state index contributed by atoms with van der Waals surface area (Å²) in [5, 5.41) is 0. The summed E-state index contributed by atoms with van der Waals surface area (Å²) in [6.07, 6.45) is 14.4. The molecule has 2 aromatic carbocycles. The van der Waals surface area contributed by atoms with E-state index in [0.717, 1.165) is 59.2 Å². The van der Waals surface area contributed by atoms with Gasteiger partial charge in [-0.1, -0.05) is 86.5 Å². The van der Waals surface area contributed by atoms with Gasteiger partial charge in [0.05, 0.1) is 12.6 Å². The molecule has 5 aliphatic rings. The van der Waals surface area contributed by atoms with Crippen LogP contribution in [0, 0.1) is 5.92 Å². The molecule has 1 heterocycles. The fourth-order valence-electron chi connectivity index (χ4n) is 7.63. The second kappa shape index (κ2) is 11.0. The summed E-state index contributed by atoms with van der Waals surface area (Å²) in [6, 6.07) is 16.0. The van der Waals surface area contributed by atoms with Crippen LogP contribution < -0.4 is 0 Å². The first-order valence-electron chi connectivity index (χ1n) is 15.4. The first-order chi connectivity index (χ1) is 21.0. The predicted molar refractivity (Wildman–Crippen MR) is 165 cm³/mol. The molecule has 4 aliphatic carbocycles. The first kappa shape index (κ1) is 27.4. The SMILES string of the molecule is C=C(C)C(=O)OCCN(C1=CC=C2C(=O)N(C3c4ccccc4-c4ccccc43)C(=O)C3=C2C1CC=C3)C1CCCCC1. The maximum absolute atomic E-state index is 14.4. The molecule has 0 spiro atoms. The van der Waals surface area contributed by atoms with Crippen LogP contribution in [0.5, 0.6) is 0 Å². The number of hydrogen-bond donors (Lipinski definition) is 0. The molecule has 0 N–H and O–H groups in total. The highest BCUT2D eigenvalue weighted by atomic mass is 16.5. The van der Waals surface area contributed by atoms with E-state index in [-0.39, 0.29) is 30.3 Å².